The van der Waals surface area contributed by atoms with E-state index in [1.54, 1.807) is 18.2 Å². The molecule has 7 nitrogen and oxygen atoms in total. The molecule has 0 spiro atoms. The third-order valence-electron chi connectivity index (χ3n) is 3.14. The number of anilines is 1. The zero-order valence-corrected chi connectivity index (χ0v) is 12.4. The molecule has 0 aliphatic rings. The van der Waals surface area contributed by atoms with E-state index in [9.17, 15) is 4.39 Å². The minimum absolute atomic E-state index is 0.189. The minimum atomic E-state index is -0.189. The van der Waals surface area contributed by atoms with E-state index in [0.29, 0.717) is 30.1 Å². The summed E-state index contributed by atoms with van der Waals surface area (Å²) in [6.45, 7) is 1.11. The maximum atomic E-state index is 13.7. The summed E-state index contributed by atoms with van der Waals surface area (Å²) in [5.74, 6) is 0.462. The summed E-state index contributed by atoms with van der Waals surface area (Å²) < 4.78 is 15.1. The van der Waals surface area contributed by atoms with Crippen LogP contribution in [0.4, 0.5) is 10.2 Å². The number of halogens is 1. The molecule has 3 rings (SSSR count). The molecule has 1 N–H and O–H groups in total. The van der Waals surface area contributed by atoms with Gasteiger partial charge in [-0.1, -0.05) is 6.07 Å². The monoisotopic (exact) mass is 301 g/mol. The molecule has 8 heteroatoms. The lowest BCUT2D eigenvalue weighted by Crippen LogP contribution is -2.12. The zero-order chi connectivity index (χ0) is 15.5. The molecule has 0 radical (unpaired) electrons. The Bertz CT molecular complexity index is 784. The van der Waals surface area contributed by atoms with Gasteiger partial charge in [-0.2, -0.15) is 0 Å². The standard InChI is InChI=1S/C14H16FN7/c1-21(2)9-11-7-10(3-4-12(11)15)8-16-13-5-6-14-17-19-20-22(14)18-13/h3-7H,8-9H2,1-2H3,(H,16,18). The van der Waals surface area contributed by atoms with Crippen molar-refractivity contribution in [1.82, 2.24) is 30.2 Å². The van der Waals surface area contributed by atoms with Crippen LogP contribution in [0.5, 0.6) is 0 Å². The molecule has 0 fully saturated rings. The lowest BCUT2D eigenvalue weighted by Gasteiger charge is -2.12. The van der Waals surface area contributed by atoms with Crippen molar-refractivity contribution in [2.24, 2.45) is 0 Å². The molecule has 0 unspecified atom stereocenters. The van der Waals surface area contributed by atoms with E-state index in [-0.39, 0.29) is 5.82 Å². The predicted octanol–water partition coefficient (Wildman–Crippen LogP) is 1.33. The molecular weight excluding hydrogens is 285 g/mol. The Hall–Kier alpha value is -2.61. The van der Waals surface area contributed by atoms with Gasteiger partial charge in [-0.05, 0) is 54.4 Å². The molecule has 0 aliphatic carbocycles. The van der Waals surface area contributed by atoms with Gasteiger partial charge in [-0.15, -0.1) is 14.8 Å². The molecule has 0 amide bonds. The highest BCUT2D eigenvalue weighted by molar-refractivity contribution is 5.42. The van der Waals surface area contributed by atoms with E-state index < -0.39 is 0 Å². The number of hydrogen-bond acceptors (Lipinski definition) is 6. The second-order valence-electron chi connectivity index (χ2n) is 5.26. The fraction of sp³-hybridized carbons (Fsp3) is 0.286. The van der Waals surface area contributed by atoms with Crippen LogP contribution in [0, 0.1) is 5.82 Å². The zero-order valence-electron chi connectivity index (χ0n) is 12.4. The SMILES string of the molecule is CN(C)Cc1cc(CNc2ccc3nnnn3n2)ccc1F. The van der Waals surface area contributed by atoms with Crippen molar-refractivity contribution >= 4 is 11.5 Å². The van der Waals surface area contributed by atoms with Gasteiger partial charge in [0.2, 0.25) is 0 Å². The van der Waals surface area contributed by atoms with Gasteiger partial charge < -0.3 is 10.2 Å². The number of fused-ring (bicyclic) bond motifs is 1. The number of aromatic nitrogens is 5. The number of nitrogens with one attached hydrogen (secondary N) is 1. The van der Waals surface area contributed by atoms with Crippen molar-refractivity contribution in [3.05, 3.63) is 47.3 Å². The molecule has 114 valence electrons. The third-order valence-corrected chi connectivity index (χ3v) is 3.14. The van der Waals surface area contributed by atoms with E-state index in [0.717, 1.165) is 5.56 Å². The van der Waals surface area contributed by atoms with Crippen molar-refractivity contribution < 1.29 is 4.39 Å². The number of nitrogens with zero attached hydrogens (tertiary/aromatic N) is 6. The van der Waals surface area contributed by atoms with Gasteiger partial charge in [0.15, 0.2) is 5.65 Å². The summed E-state index contributed by atoms with van der Waals surface area (Å²) in [5.41, 5.74) is 2.24. The Morgan fingerprint density at radius 2 is 2.09 bits per heavy atom. The molecule has 22 heavy (non-hydrogen) atoms. The normalized spacial score (nSPS) is 11.3. The quantitative estimate of drug-likeness (QED) is 0.766. The number of rotatable bonds is 5. The first kappa shape index (κ1) is 14.3. The molecule has 2 heterocycles. The summed E-state index contributed by atoms with van der Waals surface area (Å²) in [6, 6.07) is 8.69. The van der Waals surface area contributed by atoms with Crippen molar-refractivity contribution in [2.75, 3.05) is 19.4 Å². The van der Waals surface area contributed by atoms with Crippen molar-refractivity contribution in [3.8, 4) is 0 Å². The van der Waals surface area contributed by atoms with Crippen LogP contribution < -0.4 is 5.32 Å². The minimum Gasteiger partial charge on any atom is -0.365 e. The van der Waals surface area contributed by atoms with Crippen LogP contribution in [-0.4, -0.2) is 44.2 Å². The van der Waals surface area contributed by atoms with Gasteiger partial charge in [-0.25, -0.2) is 4.39 Å². The Balaban J connectivity index is 1.72. The number of hydrogen-bond donors (Lipinski definition) is 1. The maximum absolute atomic E-state index is 13.7. The molecule has 1 aromatic carbocycles. The van der Waals surface area contributed by atoms with Gasteiger partial charge in [0.1, 0.15) is 11.6 Å². The van der Waals surface area contributed by atoms with E-state index >= 15 is 0 Å². The van der Waals surface area contributed by atoms with Crippen molar-refractivity contribution in [1.29, 1.82) is 0 Å². The fourth-order valence-corrected chi connectivity index (χ4v) is 2.14. The van der Waals surface area contributed by atoms with Crippen LogP contribution >= 0.6 is 0 Å². The highest BCUT2D eigenvalue weighted by Crippen LogP contribution is 2.14. The Morgan fingerprint density at radius 1 is 1.23 bits per heavy atom. The van der Waals surface area contributed by atoms with Gasteiger partial charge >= 0.3 is 0 Å². The Morgan fingerprint density at radius 3 is 2.91 bits per heavy atom. The van der Waals surface area contributed by atoms with Gasteiger partial charge in [-0.3, -0.25) is 0 Å². The summed E-state index contributed by atoms with van der Waals surface area (Å²) in [4.78, 5) is 1.93. The highest BCUT2D eigenvalue weighted by atomic mass is 19.1. The molecule has 0 saturated heterocycles. The highest BCUT2D eigenvalue weighted by Gasteiger charge is 2.06. The maximum Gasteiger partial charge on any atom is 0.200 e. The lowest BCUT2D eigenvalue weighted by atomic mass is 10.1. The van der Waals surface area contributed by atoms with Gasteiger partial charge in [0.05, 0.1) is 0 Å². The summed E-state index contributed by atoms with van der Waals surface area (Å²) >= 11 is 0. The van der Waals surface area contributed by atoms with Gasteiger partial charge in [0.25, 0.3) is 0 Å². The number of benzene rings is 1. The number of tetrazole rings is 1. The topological polar surface area (TPSA) is 71.2 Å². The second kappa shape index (κ2) is 6.02. The van der Waals surface area contributed by atoms with Gasteiger partial charge in [0, 0.05) is 18.7 Å². The Labute approximate surface area is 126 Å². The summed E-state index contributed by atoms with van der Waals surface area (Å²) in [5, 5.41) is 18.5. The van der Waals surface area contributed by atoms with E-state index in [1.807, 2.05) is 25.1 Å². The van der Waals surface area contributed by atoms with E-state index in [1.165, 1.54) is 10.7 Å². The first-order valence-electron chi connectivity index (χ1n) is 6.83. The molecule has 0 aliphatic heterocycles. The third kappa shape index (κ3) is 3.17. The molecule has 0 saturated carbocycles. The van der Waals surface area contributed by atoms with Crippen LogP contribution in [0.2, 0.25) is 0 Å². The van der Waals surface area contributed by atoms with Crippen LogP contribution in [-0.2, 0) is 13.1 Å². The average molecular weight is 301 g/mol. The molecule has 0 bridgehead atoms. The molecular formula is C14H16FN7. The molecule has 0 atom stereocenters. The first-order valence-corrected chi connectivity index (χ1v) is 6.83. The molecule has 3 aromatic rings. The lowest BCUT2D eigenvalue weighted by molar-refractivity contribution is 0.392. The summed E-state index contributed by atoms with van der Waals surface area (Å²) in [7, 11) is 3.82. The smallest absolute Gasteiger partial charge is 0.200 e. The Kier molecular flexibility index (Phi) is 3.92. The molecule has 2 aromatic heterocycles. The largest absolute Gasteiger partial charge is 0.365 e. The van der Waals surface area contributed by atoms with E-state index in [4.69, 9.17) is 0 Å². The summed E-state index contributed by atoms with van der Waals surface area (Å²) in [6.07, 6.45) is 0. The van der Waals surface area contributed by atoms with Crippen molar-refractivity contribution in [3.63, 3.8) is 0 Å². The fourth-order valence-electron chi connectivity index (χ4n) is 2.14. The average Bonchev–Trinajstić information content (AvgIpc) is 2.95. The van der Waals surface area contributed by atoms with E-state index in [2.05, 4.69) is 25.9 Å². The van der Waals surface area contributed by atoms with Crippen LogP contribution in [0.1, 0.15) is 11.1 Å². The van der Waals surface area contributed by atoms with Crippen LogP contribution in [0.15, 0.2) is 30.3 Å². The first-order chi connectivity index (χ1) is 10.6. The predicted molar refractivity (Wildman–Crippen MR) is 79.7 cm³/mol. The van der Waals surface area contributed by atoms with Crippen molar-refractivity contribution in [2.45, 2.75) is 13.1 Å². The van der Waals surface area contributed by atoms with Crippen LogP contribution in [0.3, 0.4) is 0 Å². The van der Waals surface area contributed by atoms with Crippen LogP contribution in [0.25, 0.3) is 5.65 Å². The second-order valence-corrected chi connectivity index (χ2v) is 5.26.